The number of nitrogens with zero attached hydrogens (tertiary/aromatic N) is 1. The summed E-state index contributed by atoms with van der Waals surface area (Å²) in [5, 5.41) is 12.7. The SMILES string of the molecule is NC(=O)CN1CCC(C(=O)NC[C@H](O)c2ccc(C(F)(F)F)cc2)CC1. The Morgan fingerprint density at radius 1 is 1.23 bits per heavy atom. The van der Waals surface area contributed by atoms with E-state index in [0.29, 0.717) is 31.5 Å². The van der Waals surface area contributed by atoms with E-state index in [1.807, 2.05) is 4.90 Å². The minimum absolute atomic E-state index is 0.0777. The van der Waals surface area contributed by atoms with Crippen LogP contribution in [0, 0.1) is 5.92 Å². The van der Waals surface area contributed by atoms with Crippen molar-refractivity contribution in [2.75, 3.05) is 26.2 Å². The van der Waals surface area contributed by atoms with Crippen molar-refractivity contribution in [2.24, 2.45) is 11.7 Å². The molecule has 26 heavy (non-hydrogen) atoms. The van der Waals surface area contributed by atoms with E-state index >= 15 is 0 Å². The molecule has 4 N–H and O–H groups in total. The maximum absolute atomic E-state index is 12.5. The lowest BCUT2D eigenvalue weighted by molar-refractivity contribution is -0.137. The maximum atomic E-state index is 12.5. The fraction of sp³-hybridized carbons (Fsp3) is 0.529. The van der Waals surface area contributed by atoms with Gasteiger partial charge in [0.15, 0.2) is 0 Å². The van der Waals surface area contributed by atoms with E-state index in [2.05, 4.69) is 5.32 Å². The third-order valence-corrected chi connectivity index (χ3v) is 4.43. The van der Waals surface area contributed by atoms with E-state index < -0.39 is 23.8 Å². The Labute approximate surface area is 149 Å². The Bertz CT molecular complexity index is 626. The zero-order valence-corrected chi connectivity index (χ0v) is 14.1. The first-order valence-corrected chi connectivity index (χ1v) is 8.30. The molecule has 0 unspecified atom stereocenters. The van der Waals surface area contributed by atoms with Gasteiger partial charge in [0.1, 0.15) is 0 Å². The summed E-state index contributed by atoms with van der Waals surface area (Å²) in [7, 11) is 0. The van der Waals surface area contributed by atoms with Gasteiger partial charge in [0.05, 0.1) is 18.2 Å². The Balaban J connectivity index is 1.79. The number of likely N-dealkylation sites (tertiary alicyclic amines) is 1. The number of aliphatic hydroxyl groups is 1. The van der Waals surface area contributed by atoms with Crippen molar-refractivity contribution >= 4 is 11.8 Å². The molecular weight excluding hydrogens is 351 g/mol. The third-order valence-electron chi connectivity index (χ3n) is 4.43. The molecule has 1 aromatic carbocycles. The Kier molecular flexibility index (Phi) is 6.60. The van der Waals surface area contributed by atoms with Gasteiger partial charge in [0, 0.05) is 12.5 Å². The molecule has 0 bridgehead atoms. The standard InChI is InChI=1S/C17H22F3N3O3/c18-17(19,20)13-3-1-11(2-4-13)14(24)9-22-16(26)12-5-7-23(8-6-12)10-15(21)25/h1-4,12,14,24H,5-10H2,(H2,21,25)(H,22,26)/t14-/m0/s1. The number of carbonyl (C=O) groups excluding carboxylic acids is 2. The number of hydrogen-bond donors (Lipinski definition) is 3. The number of hydrogen-bond acceptors (Lipinski definition) is 4. The van der Waals surface area contributed by atoms with Gasteiger partial charge in [0.2, 0.25) is 11.8 Å². The summed E-state index contributed by atoms with van der Waals surface area (Å²) in [5.74, 6) is -0.846. The summed E-state index contributed by atoms with van der Waals surface area (Å²) in [6.45, 7) is 1.26. The minimum Gasteiger partial charge on any atom is -0.387 e. The third kappa shape index (κ3) is 5.70. The highest BCUT2D eigenvalue weighted by Crippen LogP contribution is 2.29. The second-order valence-corrected chi connectivity index (χ2v) is 6.40. The number of halogens is 3. The zero-order chi connectivity index (χ0) is 19.3. The molecule has 9 heteroatoms. The number of primary amides is 1. The topological polar surface area (TPSA) is 95.7 Å². The van der Waals surface area contributed by atoms with Gasteiger partial charge in [-0.1, -0.05) is 12.1 Å². The van der Waals surface area contributed by atoms with Crippen LogP contribution in [0.4, 0.5) is 13.2 Å². The van der Waals surface area contributed by atoms with E-state index in [0.717, 1.165) is 12.1 Å². The molecule has 1 aliphatic rings. The molecule has 1 aliphatic heterocycles. The average molecular weight is 373 g/mol. The van der Waals surface area contributed by atoms with Crippen molar-refractivity contribution in [1.82, 2.24) is 10.2 Å². The molecule has 1 aromatic rings. The van der Waals surface area contributed by atoms with Crippen LogP contribution in [0.15, 0.2) is 24.3 Å². The number of piperidine rings is 1. The van der Waals surface area contributed by atoms with E-state index in [9.17, 15) is 27.9 Å². The Morgan fingerprint density at radius 3 is 2.31 bits per heavy atom. The number of alkyl halides is 3. The average Bonchev–Trinajstić information content (AvgIpc) is 2.59. The molecule has 144 valence electrons. The molecule has 2 amide bonds. The highest BCUT2D eigenvalue weighted by molar-refractivity contribution is 5.79. The normalized spacial score (nSPS) is 17.7. The first kappa shape index (κ1) is 20.2. The van der Waals surface area contributed by atoms with E-state index in [1.54, 1.807) is 0 Å². The van der Waals surface area contributed by atoms with Gasteiger partial charge in [-0.2, -0.15) is 13.2 Å². The number of rotatable bonds is 6. The summed E-state index contributed by atoms with van der Waals surface area (Å²) in [4.78, 5) is 24.9. The molecule has 1 atom stereocenters. The molecule has 1 saturated heterocycles. The van der Waals surface area contributed by atoms with Gasteiger partial charge in [-0.05, 0) is 43.6 Å². The molecule has 0 spiro atoms. The number of benzene rings is 1. The predicted octanol–water partition coefficient (Wildman–Crippen LogP) is 1.05. The van der Waals surface area contributed by atoms with Crippen LogP contribution in [0.5, 0.6) is 0 Å². The van der Waals surface area contributed by atoms with Crippen LogP contribution >= 0.6 is 0 Å². The van der Waals surface area contributed by atoms with E-state index in [-0.39, 0.29) is 24.9 Å². The number of nitrogens with two attached hydrogens (primary N) is 1. The Morgan fingerprint density at radius 2 is 1.81 bits per heavy atom. The van der Waals surface area contributed by atoms with Gasteiger partial charge < -0.3 is 16.2 Å². The van der Waals surface area contributed by atoms with Crippen molar-refractivity contribution in [3.8, 4) is 0 Å². The van der Waals surface area contributed by atoms with Crippen molar-refractivity contribution in [2.45, 2.75) is 25.1 Å². The minimum atomic E-state index is -4.43. The lowest BCUT2D eigenvalue weighted by atomic mass is 9.95. The molecular formula is C17H22F3N3O3. The predicted molar refractivity (Wildman–Crippen MR) is 87.8 cm³/mol. The van der Waals surface area contributed by atoms with Gasteiger partial charge in [-0.25, -0.2) is 0 Å². The molecule has 0 radical (unpaired) electrons. The first-order chi connectivity index (χ1) is 12.2. The number of amides is 2. The highest BCUT2D eigenvalue weighted by Gasteiger charge is 2.30. The van der Waals surface area contributed by atoms with E-state index in [4.69, 9.17) is 5.73 Å². The molecule has 1 fully saturated rings. The summed E-state index contributed by atoms with van der Waals surface area (Å²) >= 11 is 0. The fourth-order valence-corrected chi connectivity index (χ4v) is 2.93. The van der Waals surface area contributed by atoms with Gasteiger partial charge in [-0.15, -0.1) is 0 Å². The quantitative estimate of drug-likeness (QED) is 0.695. The molecule has 2 rings (SSSR count). The van der Waals surface area contributed by atoms with Gasteiger partial charge in [-0.3, -0.25) is 14.5 Å². The van der Waals surface area contributed by atoms with E-state index in [1.165, 1.54) is 12.1 Å². The summed E-state index contributed by atoms with van der Waals surface area (Å²) < 4.78 is 37.6. The van der Waals surface area contributed by atoms with Crippen LogP contribution in [-0.4, -0.2) is 48.0 Å². The van der Waals surface area contributed by atoms with Crippen LogP contribution in [0.2, 0.25) is 0 Å². The maximum Gasteiger partial charge on any atom is 0.416 e. The lowest BCUT2D eigenvalue weighted by Crippen LogP contribution is -2.44. The van der Waals surface area contributed by atoms with Crippen molar-refractivity contribution in [1.29, 1.82) is 0 Å². The van der Waals surface area contributed by atoms with Crippen LogP contribution in [-0.2, 0) is 15.8 Å². The first-order valence-electron chi connectivity index (χ1n) is 8.30. The molecule has 1 heterocycles. The highest BCUT2D eigenvalue weighted by atomic mass is 19.4. The van der Waals surface area contributed by atoms with Gasteiger partial charge in [0.25, 0.3) is 0 Å². The van der Waals surface area contributed by atoms with Crippen molar-refractivity contribution in [3.05, 3.63) is 35.4 Å². The monoisotopic (exact) mass is 373 g/mol. The van der Waals surface area contributed by atoms with Crippen LogP contribution in [0.1, 0.15) is 30.1 Å². The summed E-state index contributed by atoms with van der Waals surface area (Å²) in [6, 6.07) is 4.19. The lowest BCUT2D eigenvalue weighted by Gasteiger charge is -2.30. The smallest absolute Gasteiger partial charge is 0.387 e. The van der Waals surface area contributed by atoms with Crippen molar-refractivity contribution in [3.63, 3.8) is 0 Å². The van der Waals surface area contributed by atoms with Crippen molar-refractivity contribution < 1.29 is 27.9 Å². The largest absolute Gasteiger partial charge is 0.416 e. The van der Waals surface area contributed by atoms with Crippen LogP contribution in [0.3, 0.4) is 0 Å². The van der Waals surface area contributed by atoms with Gasteiger partial charge >= 0.3 is 6.18 Å². The number of nitrogens with one attached hydrogen (secondary N) is 1. The molecule has 0 aliphatic carbocycles. The second-order valence-electron chi connectivity index (χ2n) is 6.40. The molecule has 0 saturated carbocycles. The van der Waals surface area contributed by atoms with Crippen LogP contribution < -0.4 is 11.1 Å². The molecule has 0 aromatic heterocycles. The summed E-state index contributed by atoms with van der Waals surface area (Å²) in [6.07, 6.45) is -4.36. The summed E-state index contributed by atoms with van der Waals surface area (Å²) in [5.41, 5.74) is 4.65. The second kappa shape index (κ2) is 8.50. The Hall–Kier alpha value is -2.13. The fourth-order valence-electron chi connectivity index (χ4n) is 2.93. The zero-order valence-electron chi connectivity index (χ0n) is 14.1. The molecule has 6 nitrogen and oxygen atoms in total. The number of aliphatic hydroxyl groups excluding tert-OH is 1. The number of carbonyl (C=O) groups is 2. The van der Waals surface area contributed by atoms with Crippen LogP contribution in [0.25, 0.3) is 0 Å².